The number of aryl methyl sites for hydroxylation is 1. The highest BCUT2D eigenvalue weighted by molar-refractivity contribution is 6.06. The first-order chi connectivity index (χ1) is 15.8. The SMILES string of the molecule is CNC(=O)C1(C(=O)NCC2(CNC(=O)c3cc4c(C)ccc(F)c4[nH]3)CC23CCC3)CCC1. The van der Waals surface area contributed by atoms with Crippen molar-refractivity contribution in [2.45, 2.75) is 51.9 Å². The van der Waals surface area contributed by atoms with Gasteiger partial charge >= 0.3 is 0 Å². The zero-order valence-electron chi connectivity index (χ0n) is 19.2. The number of nitrogens with one attached hydrogen (secondary N) is 4. The summed E-state index contributed by atoms with van der Waals surface area (Å²) < 4.78 is 14.1. The summed E-state index contributed by atoms with van der Waals surface area (Å²) in [5.74, 6) is -1.09. The summed E-state index contributed by atoms with van der Waals surface area (Å²) in [6.45, 7) is 2.77. The lowest BCUT2D eigenvalue weighted by molar-refractivity contribution is -0.149. The van der Waals surface area contributed by atoms with Gasteiger partial charge in [0.1, 0.15) is 16.9 Å². The Hall–Kier alpha value is -2.90. The van der Waals surface area contributed by atoms with E-state index in [9.17, 15) is 18.8 Å². The summed E-state index contributed by atoms with van der Waals surface area (Å²) in [7, 11) is 1.56. The summed E-state index contributed by atoms with van der Waals surface area (Å²) in [5.41, 5.74) is 0.580. The third-order valence-electron chi connectivity index (χ3n) is 8.67. The Bertz CT molecular complexity index is 1110. The van der Waals surface area contributed by atoms with Crippen LogP contribution in [-0.2, 0) is 9.59 Å². The highest BCUT2D eigenvalue weighted by Gasteiger charge is 2.69. The molecule has 5 rings (SSSR count). The van der Waals surface area contributed by atoms with Crippen LogP contribution in [0.25, 0.3) is 10.9 Å². The van der Waals surface area contributed by atoms with E-state index in [0.717, 1.165) is 37.7 Å². The minimum absolute atomic E-state index is 0.163. The van der Waals surface area contributed by atoms with Gasteiger partial charge in [-0.15, -0.1) is 0 Å². The first kappa shape index (κ1) is 21.9. The maximum absolute atomic E-state index is 14.1. The minimum atomic E-state index is -0.951. The van der Waals surface area contributed by atoms with Gasteiger partial charge in [-0.05, 0) is 62.1 Å². The van der Waals surface area contributed by atoms with Crippen LogP contribution >= 0.6 is 0 Å². The van der Waals surface area contributed by atoms with E-state index in [1.807, 2.05) is 6.92 Å². The van der Waals surface area contributed by atoms with Crippen molar-refractivity contribution in [3.05, 3.63) is 35.3 Å². The maximum Gasteiger partial charge on any atom is 0.267 e. The number of aromatic nitrogens is 1. The van der Waals surface area contributed by atoms with Gasteiger partial charge < -0.3 is 20.9 Å². The quantitative estimate of drug-likeness (QED) is 0.484. The molecule has 1 heterocycles. The van der Waals surface area contributed by atoms with Gasteiger partial charge in [-0.2, -0.15) is 0 Å². The number of benzene rings is 1. The van der Waals surface area contributed by atoms with Crippen LogP contribution in [0.3, 0.4) is 0 Å². The molecule has 0 saturated heterocycles. The van der Waals surface area contributed by atoms with Crippen molar-refractivity contribution in [1.29, 1.82) is 0 Å². The second kappa shape index (κ2) is 7.57. The van der Waals surface area contributed by atoms with Crippen molar-refractivity contribution in [1.82, 2.24) is 20.9 Å². The van der Waals surface area contributed by atoms with Gasteiger partial charge in [0.25, 0.3) is 5.91 Å². The summed E-state index contributed by atoms with van der Waals surface area (Å²) in [4.78, 5) is 41.1. The van der Waals surface area contributed by atoms with Crippen molar-refractivity contribution in [2.75, 3.05) is 20.1 Å². The van der Waals surface area contributed by atoms with Gasteiger partial charge in [0.05, 0.1) is 5.52 Å². The highest BCUT2D eigenvalue weighted by Crippen LogP contribution is 2.73. The fourth-order valence-electron chi connectivity index (χ4n) is 6.01. The smallest absolute Gasteiger partial charge is 0.267 e. The van der Waals surface area contributed by atoms with Gasteiger partial charge in [-0.1, -0.05) is 18.9 Å². The average Bonchev–Trinajstić information content (AvgIpc) is 3.21. The molecule has 3 fully saturated rings. The summed E-state index contributed by atoms with van der Waals surface area (Å²) in [5, 5.41) is 9.41. The number of halogens is 1. The van der Waals surface area contributed by atoms with Crippen molar-refractivity contribution >= 4 is 28.6 Å². The largest absolute Gasteiger partial charge is 0.358 e. The molecule has 176 valence electrons. The monoisotopic (exact) mass is 454 g/mol. The first-order valence-corrected chi connectivity index (χ1v) is 11.8. The van der Waals surface area contributed by atoms with Gasteiger partial charge in [0, 0.05) is 30.9 Å². The lowest BCUT2D eigenvalue weighted by Gasteiger charge is -2.39. The molecule has 0 aliphatic heterocycles. The molecule has 8 heteroatoms. The Morgan fingerprint density at radius 3 is 2.27 bits per heavy atom. The standard InChI is InChI=1S/C25H31FN4O3/c1-15-5-6-17(26)19-16(15)11-18(30-19)20(31)28-13-24(12-23(24)7-3-8-23)14-29-22(33)25(9-4-10-25)21(32)27-2/h5-6,11,30H,3-4,7-10,12-14H2,1-2H3,(H,27,32)(H,28,31)(H,29,33). The number of hydrogen-bond acceptors (Lipinski definition) is 3. The molecule has 3 aliphatic rings. The molecular weight excluding hydrogens is 423 g/mol. The van der Waals surface area contributed by atoms with E-state index in [0.29, 0.717) is 42.5 Å². The predicted octanol–water partition coefficient (Wildman–Crippen LogP) is 2.94. The molecule has 1 unspecified atom stereocenters. The van der Waals surface area contributed by atoms with Crippen LogP contribution in [0.15, 0.2) is 18.2 Å². The predicted molar refractivity (Wildman–Crippen MR) is 122 cm³/mol. The maximum atomic E-state index is 14.1. The Labute approximate surface area is 192 Å². The van der Waals surface area contributed by atoms with E-state index in [1.165, 1.54) is 6.07 Å². The van der Waals surface area contributed by atoms with Crippen molar-refractivity contribution in [3.63, 3.8) is 0 Å². The van der Waals surface area contributed by atoms with Gasteiger partial charge in [0.15, 0.2) is 0 Å². The third kappa shape index (κ3) is 3.25. The van der Waals surface area contributed by atoms with Crippen LogP contribution in [0.5, 0.6) is 0 Å². The van der Waals surface area contributed by atoms with Crippen LogP contribution in [0.2, 0.25) is 0 Å². The Kier molecular flexibility index (Phi) is 5.03. The molecule has 3 saturated carbocycles. The lowest BCUT2D eigenvalue weighted by Crippen LogP contribution is -2.56. The van der Waals surface area contributed by atoms with Crippen LogP contribution < -0.4 is 16.0 Å². The molecule has 3 amide bonds. The zero-order chi connectivity index (χ0) is 23.4. The van der Waals surface area contributed by atoms with E-state index in [1.54, 1.807) is 19.2 Å². The highest BCUT2D eigenvalue weighted by atomic mass is 19.1. The van der Waals surface area contributed by atoms with E-state index in [-0.39, 0.29) is 34.4 Å². The molecule has 33 heavy (non-hydrogen) atoms. The molecule has 2 aromatic rings. The Balaban J connectivity index is 1.27. The van der Waals surface area contributed by atoms with Crippen LogP contribution in [0.1, 0.15) is 61.0 Å². The summed E-state index contributed by atoms with van der Waals surface area (Å²) >= 11 is 0. The van der Waals surface area contributed by atoms with E-state index >= 15 is 0 Å². The third-order valence-corrected chi connectivity index (χ3v) is 8.67. The Morgan fingerprint density at radius 2 is 1.73 bits per heavy atom. The summed E-state index contributed by atoms with van der Waals surface area (Å²) in [6.07, 6.45) is 6.32. The first-order valence-electron chi connectivity index (χ1n) is 11.8. The Morgan fingerprint density at radius 1 is 1.03 bits per heavy atom. The number of rotatable bonds is 7. The molecule has 0 radical (unpaired) electrons. The number of amides is 3. The fraction of sp³-hybridized carbons (Fsp3) is 0.560. The normalized spacial score (nSPS) is 24.0. The minimum Gasteiger partial charge on any atom is -0.358 e. The number of fused-ring (bicyclic) bond motifs is 1. The van der Waals surface area contributed by atoms with Crippen LogP contribution in [-0.4, -0.2) is 42.8 Å². The van der Waals surface area contributed by atoms with E-state index < -0.39 is 5.41 Å². The fourth-order valence-corrected chi connectivity index (χ4v) is 6.01. The lowest BCUT2D eigenvalue weighted by atomic mass is 9.67. The zero-order valence-corrected chi connectivity index (χ0v) is 19.2. The van der Waals surface area contributed by atoms with Crippen LogP contribution in [0.4, 0.5) is 4.39 Å². The number of hydrogen-bond donors (Lipinski definition) is 4. The molecular formula is C25H31FN4O3. The van der Waals surface area contributed by atoms with Gasteiger partial charge in [-0.3, -0.25) is 14.4 Å². The van der Waals surface area contributed by atoms with E-state index in [4.69, 9.17) is 0 Å². The second-order valence-corrected chi connectivity index (χ2v) is 10.3. The molecule has 3 aliphatic carbocycles. The second-order valence-electron chi connectivity index (χ2n) is 10.3. The summed E-state index contributed by atoms with van der Waals surface area (Å²) in [6, 6.07) is 4.78. The molecule has 1 aromatic carbocycles. The molecule has 7 nitrogen and oxygen atoms in total. The average molecular weight is 455 g/mol. The number of aromatic amines is 1. The molecule has 1 aromatic heterocycles. The molecule has 0 bridgehead atoms. The van der Waals surface area contributed by atoms with Crippen molar-refractivity contribution < 1.29 is 18.8 Å². The van der Waals surface area contributed by atoms with Gasteiger partial charge in [0.2, 0.25) is 11.8 Å². The van der Waals surface area contributed by atoms with Crippen molar-refractivity contribution in [3.8, 4) is 0 Å². The molecule has 1 spiro atoms. The molecule has 4 N–H and O–H groups in total. The number of carbonyl (C=O) groups excluding carboxylic acids is 3. The molecule has 1 atom stereocenters. The van der Waals surface area contributed by atoms with Crippen molar-refractivity contribution in [2.24, 2.45) is 16.2 Å². The van der Waals surface area contributed by atoms with E-state index in [2.05, 4.69) is 20.9 Å². The number of H-pyrrole nitrogens is 1. The topological polar surface area (TPSA) is 103 Å². The van der Waals surface area contributed by atoms with Crippen LogP contribution in [0, 0.1) is 29.0 Å². The van der Waals surface area contributed by atoms with Gasteiger partial charge in [-0.25, -0.2) is 4.39 Å². The number of carbonyl (C=O) groups is 3.